The third kappa shape index (κ3) is 2.68. The average molecular weight is 341 g/mol. The van der Waals surface area contributed by atoms with Crippen molar-refractivity contribution in [2.24, 2.45) is 16.7 Å². The fourth-order valence-electron chi connectivity index (χ4n) is 4.78. The lowest BCUT2D eigenvalue weighted by Crippen LogP contribution is -2.47. The van der Waals surface area contributed by atoms with Gasteiger partial charge in [-0.3, -0.25) is 4.79 Å². The van der Waals surface area contributed by atoms with E-state index in [0.29, 0.717) is 17.2 Å². The van der Waals surface area contributed by atoms with Crippen molar-refractivity contribution in [2.75, 3.05) is 18.8 Å². The Balaban J connectivity index is 1.49. The van der Waals surface area contributed by atoms with E-state index in [1.807, 2.05) is 0 Å². The highest BCUT2D eigenvalue weighted by atomic mass is 32.2. The molecule has 3 aliphatic rings. The molecular weight excluding hydrogens is 312 g/mol. The van der Waals surface area contributed by atoms with Gasteiger partial charge in [-0.25, -0.2) is 0 Å². The van der Waals surface area contributed by atoms with Crippen molar-refractivity contribution < 1.29 is 4.79 Å². The van der Waals surface area contributed by atoms with Crippen LogP contribution in [-0.2, 0) is 4.79 Å². The number of nitrogens with zero attached hydrogens (tertiary/aromatic N) is 1. The van der Waals surface area contributed by atoms with E-state index in [1.165, 1.54) is 37.4 Å². The molecule has 2 aliphatic carbocycles. The van der Waals surface area contributed by atoms with Gasteiger partial charge in [0.1, 0.15) is 4.32 Å². The van der Waals surface area contributed by atoms with Gasteiger partial charge in [-0.1, -0.05) is 44.8 Å². The van der Waals surface area contributed by atoms with Gasteiger partial charge in [-0.05, 0) is 48.9 Å². The van der Waals surface area contributed by atoms with Gasteiger partial charge in [0, 0.05) is 19.1 Å². The van der Waals surface area contributed by atoms with Crippen LogP contribution in [0.4, 0.5) is 0 Å². The van der Waals surface area contributed by atoms with Gasteiger partial charge >= 0.3 is 0 Å². The normalized spacial score (nSPS) is 35.9. The van der Waals surface area contributed by atoms with E-state index >= 15 is 0 Å². The Morgan fingerprint density at radius 2 is 2.00 bits per heavy atom. The summed E-state index contributed by atoms with van der Waals surface area (Å²) in [6.45, 7) is 9.25. The summed E-state index contributed by atoms with van der Waals surface area (Å²) in [6.07, 6.45) is 6.17. The van der Waals surface area contributed by atoms with E-state index in [2.05, 4.69) is 31.0 Å². The molecule has 3 fully saturated rings. The van der Waals surface area contributed by atoms with Crippen molar-refractivity contribution in [3.8, 4) is 0 Å². The molecule has 5 heteroatoms. The van der Waals surface area contributed by atoms with Crippen molar-refractivity contribution in [2.45, 2.75) is 58.9 Å². The minimum Gasteiger partial charge on any atom is -0.358 e. The van der Waals surface area contributed by atoms with Crippen molar-refractivity contribution in [3.63, 3.8) is 0 Å². The maximum Gasteiger partial charge on any atom is 0.230 e. The predicted octanol–water partition coefficient (Wildman–Crippen LogP) is 3.43. The Hall–Kier alpha value is -0.290. The first kappa shape index (κ1) is 16.6. The number of thioether (sulfide) groups is 1. The number of hydrogen-bond acceptors (Lipinski definition) is 3. The fourth-order valence-corrected chi connectivity index (χ4v) is 5.84. The molecule has 1 N–H and O–H groups in total. The lowest BCUT2D eigenvalue weighted by Gasteiger charge is -2.39. The zero-order chi connectivity index (χ0) is 16.0. The molecule has 3 atom stereocenters. The lowest BCUT2D eigenvalue weighted by atomic mass is 9.69. The largest absolute Gasteiger partial charge is 0.358 e. The highest BCUT2D eigenvalue weighted by Gasteiger charge is 2.61. The molecule has 0 radical (unpaired) electrons. The van der Waals surface area contributed by atoms with Crippen LogP contribution in [0.2, 0.25) is 0 Å². The molecule has 3 unspecified atom stereocenters. The summed E-state index contributed by atoms with van der Waals surface area (Å²) < 4.78 is 0.895. The van der Waals surface area contributed by atoms with Gasteiger partial charge in [-0.2, -0.15) is 0 Å². The number of hydrogen-bond donors (Lipinski definition) is 1. The Labute approximate surface area is 144 Å². The summed E-state index contributed by atoms with van der Waals surface area (Å²) in [5.41, 5.74) is 0.608. The van der Waals surface area contributed by atoms with Crippen molar-refractivity contribution >= 4 is 34.2 Å². The summed E-state index contributed by atoms with van der Waals surface area (Å²) in [5, 5.41) is 3.31. The number of amides is 1. The maximum absolute atomic E-state index is 12.3. The number of nitrogens with one attached hydrogen (secondary N) is 1. The molecular formula is C17H28N2OS2. The van der Waals surface area contributed by atoms with Crippen molar-refractivity contribution in [1.82, 2.24) is 10.2 Å². The quantitative estimate of drug-likeness (QED) is 0.798. The summed E-state index contributed by atoms with van der Waals surface area (Å²) in [7, 11) is 0. The van der Waals surface area contributed by atoms with Gasteiger partial charge in [0.05, 0.1) is 5.75 Å². The van der Waals surface area contributed by atoms with Crippen LogP contribution < -0.4 is 5.32 Å². The molecule has 1 amide bonds. The highest BCUT2D eigenvalue weighted by molar-refractivity contribution is 8.23. The SMILES string of the molecule is CC1(C)C2CCC1(C)C(NC(=O)CSC(=S)N1CCCC1)C2. The standard InChI is InChI=1S/C17H28N2OS2/c1-16(2)12-6-7-17(16,3)13(10-12)18-14(20)11-22-15(21)19-8-4-5-9-19/h12-13H,4-11H2,1-3H3,(H,18,20). The number of carbonyl (C=O) groups excluding carboxylic acids is 1. The van der Waals surface area contributed by atoms with Crippen LogP contribution in [0.3, 0.4) is 0 Å². The summed E-state index contributed by atoms with van der Waals surface area (Å²) >= 11 is 6.96. The molecule has 3 nitrogen and oxygen atoms in total. The van der Waals surface area contributed by atoms with E-state index in [-0.39, 0.29) is 11.3 Å². The van der Waals surface area contributed by atoms with Crippen LogP contribution in [0.25, 0.3) is 0 Å². The van der Waals surface area contributed by atoms with Gasteiger partial charge in [-0.15, -0.1) is 0 Å². The second-order valence-electron chi connectivity index (χ2n) is 7.98. The first-order chi connectivity index (χ1) is 10.3. The summed E-state index contributed by atoms with van der Waals surface area (Å²) in [6, 6.07) is 0.342. The van der Waals surface area contributed by atoms with Gasteiger partial charge < -0.3 is 10.2 Å². The third-order valence-electron chi connectivity index (χ3n) is 6.82. The number of thiocarbonyl (C=S) groups is 1. The lowest BCUT2D eigenvalue weighted by molar-refractivity contribution is -0.120. The van der Waals surface area contributed by atoms with Gasteiger partial charge in [0.25, 0.3) is 0 Å². The molecule has 2 saturated carbocycles. The van der Waals surface area contributed by atoms with Crippen molar-refractivity contribution in [1.29, 1.82) is 0 Å². The first-order valence-electron chi connectivity index (χ1n) is 8.55. The molecule has 0 spiro atoms. The second-order valence-corrected chi connectivity index (χ2v) is 9.59. The van der Waals surface area contributed by atoms with Crippen molar-refractivity contribution in [3.05, 3.63) is 0 Å². The average Bonchev–Trinajstić information content (AvgIpc) is 3.11. The summed E-state index contributed by atoms with van der Waals surface area (Å²) in [5.74, 6) is 1.38. The van der Waals surface area contributed by atoms with Crippen LogP contribution in [0.5, 0.6) is 0 Å². The molecule has 0 aromatic carbocycles. The molecule has 1 heterocycles. The number of likely N-dealkylation sites (tertiary alicyclic amines) is 1. The fraction of sp³-hybridized carbons (Fsp3) is 0.882. The van der Waals surface area contributed by atoms with E-state index < -0.39 is 0 Å². The predicted molar refractivity (Wildman–Crippen MR) is 97.0 cm³/mol. The van der Waals surface area contributed by atoms with Crippen LogP contribution >= 0.6 is 24.0 Å². The third-order valence-corrected chi connectivity index (χ3v) is 8.34. The zero-order valence-electron chi connectivity index (χ0n) is 14.0. The minimum atomic E-state index is 0.154. The Bertz CT molecular complexity index is 473. The first-order valence-corrected chi connectivity index (χ1v) is 9.95. The Morgan fingerprint density at radius 3 is 2.55 bits per heavy atom. The Kier molecular flexibility index (Phi) is 4.49. The Morgan fingerprint density at radius 1 is 1.32 bits per heavy atom. The second kappa shape index (κ2) is 5.97. The van der Waals surface area contributed by atoms with Crippen LogP contribution in [0, 0.1) is 16.7 Å². The van der Waals surface area contributed by atoms with Crippen LogP contribution in [0.1, 0.15) is 52.9 Å². The number of fused-ring (bicyclic) bond motifs is 2. The van der Waals surface area contributed by atoms with Crippen LogP contribution in [-0.4, -0.2) is 40.0 Å². The maximum atomic E-state index is 12.3. The topological polar surface area (TPSA) is 32.3 Å². The van der Waals surface area contributed by atoms with E-state index in [9.17, 15) is 4.79 Å². The monoisotopic (exact) mass is 340 g/mol. The number of carbonyl (C=O) groups is 1. The molecule has 0 aromatic rings. The van der Waals surface area contributed by atoms with E-state index in [4.69, 9.17) is 12.2 Å². The molecule has 124 valence electrons. The molecule has 22 heavy (non-hydrogen) atoms. The van der Waals surface area contributed by atoms with E-state index in [1.54, 1.807) is 0 Å². The highest BCUT2D eigenvalue weighted by Crippen LogP contribution is 2.65. The van der Waals surface area contributed by atoms with Gasteiger partial charge in [0.2, 0.25) is 5.91 Å². The molecule has 2 bridgehead atoms. The molecule has 1 aliphatic heterocycles. The number of rotatable bonds is 3. The molecule has 3 rings (SSSR count). The van der Waals surface area contributed by atoms with Crippen LogP contribution in [0.15, 0.2) is 0 Å². The molecule has 0 aromatic heterocycles. The summed E-state index contributed by atoms with van der Waals surface area (Å²) in [4.78, 5) is 14.6. The smallest absolute Gasteiger partial charge is 0.230 e. The van der Waals surface area contributed by atoms with E-state index in [0.717, 1.165) is 29.7 Å². The zero-order valence-corrected chi connectivity index (χ0v) is 15.6. The molecule has 1 saturated heterocycles. The van der Waals surface area contributed by atoms with Gasteiger partial charge in [0.15, 0.2) is 0 Å². The minimum absolute atomic E-state index is 0.154.